The molecule has 0 aliphatic rings. The lowest BCUT2D eigenvalue weighted by Crippen LogP contribution is -2.03. The first kappa shape index (κ1) is 15.5. The average Bonchev–Trinajstić information content (AvgIpc) is 2.41. The van der Waals surface area contributed by atoms with E-state index in [1.807, 2.05) is 26.0 Å². The molecule has 0 saturated heterocycles. The summed E-state index contributed by atoms with van der Waals surface area (Å²) in [5.41, 5.74) is 0.711. The number of ether oxygens (including phenoxy) is 2. The lowest BCUT2D eigenvalue weighted by molar-refractivity contribution is 0.0979. The van der Waals surface area contributed by atoms with Gasteiger partial charge in [0.1, 0.15) is 0 Å². The Bertz CT molecular complexity index is 399. The number of ketones is 1. The van der Waals surface area contributed by atoms with Gasteiger partial charge in [0.25, 0.3) is 0 Å². The molecule has 0 bridgehead atoms. The topological polar surface area (TPSA) is 35.5 Å². The Balaban J connectivity index is 2.78. The number of benzene rings is 1. The molecule has 1 rings (SSSR count). The van der Waals surface area contributed by atoms with Crippen molar-refractivity contribution in [2.75, 3.05) is 13.2 Å². The maximum Gasteiger partial charge on any atom is 0.163 e. The van der Waals surface area contributed by atoms with Crippen molar-refractivity contribution in [1.82, 2.24) is 0 Å². The van der Waals surface area contributed by atoms with Gasteiger partial charge in [0.15, 0.2) is 17.3 Å². The van der Waals surface area contributed by atoms with Gasteiger partial charge in [-0.2, -0.15) is 0 Å². The maximum atomic E-state index is 12.0. The van der Waals surface area contributed by atoms with Crippen molar-refractivity contribution >= 4 is 5.78 Å². The zero-order chi connectivity index (χ0) is 14.1. The molecule has 0 radical (unpaired) electrons. The molecule has 0 atom stereocenters. The summed E-state index contributed by atoms with van der Waals surface area (Å²) in [6.07, 6.45) is 3.78. The normalized spacial score (nSPS) is 10.3. The highest BCUT2D eigenvalue weighted by Crippen LogP contribution is 2.29. The second kappa shape index (κ2) is 8.57. The molecular formula is C16H24O3. The van der Waals surface area contributed by atoms with Crippen LogP contribution in [0.4, 0.5) is 0 Å². The molecule has 1 aromatic carbocycles. The zero-order valence-corrected chi connectivity index (χ0v) is 12.2. The van der Waals surface area contributed by atoms with E-state index in [0.717, 1.165) is 19.3 Å². The van der Waals surface area contributed by atoms with Gasteiger partial charge in [0.05, 0.1) is 13.2 Å². The number of hydrogen-bond acceptors (Lipinski definition) is 3. The number of Topliss-reactive ketones (excluding diaryl/α,β-unsaturated/α-hetero) is 1. The van der Waals surface area contributed by atoms with Crippen LogP contribution in [0, 0.1) is 0 Å². The number of hydrogen-bond donors (Lipinski definition) is 0. The molecule has 0 aromatic heterocycles. The van der Waals surface area contributed by atoms with Crippen LogP contribution in [0.15, 0.2) is 18.2 Å². The van der Waals surface area contributed by atoms with Crippen LogP contribution in [0.3, 0.4) is 0 Å². The summed E-state index contributed by atoms with van der Waals surface area (Å²) in [7, 11) is 0. The van der Waals surface area contributed by atoms with Gasteiger partial charge >= 0.3 is 0 Å². The first-order valence-corrected chi connectivity index (χ1v) is 7.15. The van der Waals surface area contributed by atoms with Crippen molar-refractivity contribution < 1.29 is 14.3 Å². The largest absolute Gasteiger partial charge is 0.490 e. The van der Waals surface area contributed by atoms with Gasteiger partial charge < -0.3 is 9.47 Å². The van der Waals surface area contributed by atoms with Crippen LogP contribution in [0.5, 0.6) is 11.5 Å². The van der Waals surface area contributed by atoms with Crippen LogP contribution in [-0.4, -0.2) is 19.0 Å². The highest BCUT2D eigenvalue weighted by molar-refractivity contribution is 5.96. The molecule has 0 fully saturated rings. The summed E-state index contributed by atoms with van der Waals surface area (Å²) < 4.78 is 11.0. The minimum atomic E-state index is 0.178. The van der Waals surface area contributed by atoms with Crippen molar-refractivity contribution in [1.29, 1.82) is 0 Å². The molecule has 0 N–H and O–H groups in total. The van der Waals surface area contributed by atoms with Crippen molar-refractivity contribution in [3.63, 3.8) is 0 Å². The lowest BCUT2D eigenvalue weighted by atomic mass is 10.0. The Morgan fingerprint density at radius 1 is 1.00 bits per heavy atom. The van der Waals surface area contributed by atoms with Gasteiger partial charge in [-0.05, 0) is 38.5 Å². The van der Waals surface area contributed by atoms with E-state index in [1.165, 1.54) is 0 Å². The standard InChI is InChI=1S/C16H24O3/c1-4-7-8-9-14(17)13-10-11-15(18-5-2)16(12-13)19-6-3/h10-12H,4-9H2,1-3H3. The van der Waals surface area contributed by atoms with E-state index in [4.69, 9.17) is 9.47 Å². The molecule has 0 aliphatic carbocycles. The van der Waals surface area contributed by atoms with E-state index in [0.29, 0.717) is 36.7 Å². The fourth-order valence-corrected chi connectivity index (χ4v) is 1.90. The molecule has 0 saturated carbocycles. The summed E-state index contributed by atoms with van der Waals surface area (Å²) in [6.45, 7) is 7.14. The number of unbranched alkanes of at least 4 members (excludes halogenated alkanes) is 2. The first-order valence-electron chi connectivity index (χ1n) is 7.15. The van der Waals surface area contributed by atoms with E-state index in [2.05, 4.69) is 6.92 Å². The summed E-state index contributed by atoms with van der Waals surface area (Å²) in [4.78, 5) is 12.0. The lowest BCUT2D eigenvalue weighted by Gasteiger charge is -2.12. The van der Waals surface area contributed by atoms with Crippen LogP contribution >= 0.6 is 0 Å². The molecule has 106 valence electrons. The molecule has 0 amide bonds. The Morgan fingerprint density at radius 2 is 1.68 bits per heavy atom. The molecule has 0 spiro atoms. The van der Waals surface area contributed by atoms with Crippen LogP contribution in [0.25, 0.3) is 0 Å². The average molecular weight is 264 g/mol. The molecular weight excluding hydrogens is 240 g/mol. The molecule has 0 unspecified atom stereocenters. The predicted molar refractivity (Wildman–Crippen MR) is 77.3 cm³/mol. The van der Waals surface area contributed by atoms with Gasteiger partial charge in [-0.15, -0.1) is 0 Å². The molecule has 3 nitrogen and oxygen atoms in total. The van der Waals surface area contributed by atoms with Gasteiger partial charge in [0, 0.05) is 12.0 Å². The Morgan fingerprint density at radius 3 is 2.32 bits per heavy atom. The van der Waals surface area contributed by atoms with Gasteiger partial charge in [0.2, 0.25) is 0 Å². The number of rotatable bonds is 9. The van der Waals surface area contributed by atoms with E-state index >= 15 is 0 Å². The molecule has 3 heteroatoms. The second-order valence-corrected chi connectivity index (χ2v) is 4.41. The van der Waals surface area contributed by atoms with Crippen molar-refractivity contribution in [3.8, 4) is 11.5 Å². The molecule has 0 heterocycles. The number of carbonyl (C=O) groups is 1. The minimum Gasteiger partial charge on any atom is -0.490 e. The van der Waals surface area contributed by atoms with Crippen LogP contribution in [-0.2, 0) is 0 Å². The van der Waals surface area contributed by atoms with Crippen molar-refractivity contribution in [3.05, 3.63) is 23.8 Å². The molecule has 0 aliphatic heterocycles. The summed E-state index contributed by atoms with van der Waals surface area (Å²) in [5, 5.41) is 0. The SMILES string of the molecule is CCCCCC(=O)c1ccc(OCC)c(OCC)c1. The number of carbonyl (C=O) groups excluding carboxylic acids is 1. The Hall–Kier alpha value is -1.51. The highest BCUT2D eigenvalue weighted by Gasteiger charge is 2.11. The van der Waals surface area contributed by atoms with Gasteiger partial charge in [-0.3, -0.25) is 4.79 Å². The third-order valence-corrected chi connectivity index (χ3v) is 2.87. The summed E-state index contributed by atoms with van der Waals surface area (Å²) in [5.74, 6) is 1.54. The van der Waals surface area contributed by atoms with E-state index in [9.17, 15) is 4.79 Å². The quantitative estimate of drug-likeness (QED) is 0.494. The molecule has 1 aromatic rings. The molecule has 19 heavy (non-hydrogen) atoms. The summed E-state index contributed by atoms with van der Waals surface area (Å²) in [6, 6.07) is 5.44. The van der Waals surface area contributed by atoms with Gasteiger partial charge in [-0.1, -0.05) is 19.8 Å². The van der Waals surface area contributed by atoms with Crippen molar-refractivity contribution in [2.24, 2.45) is 0 Å². The minimum absolute atomic E-state index is 0.178. The van der Waals surface area contributed by atoms with Gasteiger partial charge in [-0.25, -0.2) is 0 Å². The van der Waals surface area contributed by atoms with Crippen LogP contribution in [0.1, 0.15) is 56.8 Å². The zero-order valence-electron chi connectivity index (χ0n) is 12.2. The highest BCUT2D eigenvalue weighted by atomic mass is 16.5. The third-order valence-electron chi connectivity index (χ3n) is 2.87. The second-order valence-electron chi connectivity index (χ2n) is 4.41. The maximum absolute atomic E-state index is 12.0. The fraction of sp³-hybridized carbons (Fsp3) is 0.562. The first-order chi connectivity index (χ1) is 9.22. The Labute approximate surface area is 115 Å². The smallest absolute Gasteiger partial charge is 0.163 e. The van der Waals surface area contributed by atoms with E-state index in [-0.39, 0.29) is 5.78 Å². The van der Waals surface area contributed by atoms with Crippen LogP contribution < -0.4 is 9.47 Å². The van der Waals surface area contributed by atoms with E-state index in [1.54, 1.807) is 6.07 Å². The predicted octanol–water partition coefficient (Wildman–Crippen LogP) is 4.25. The van der Waals surface area contributed by atoms with Crippen LogP contribution in [0.2, 0.25) is 0 Å². The third kappa shape index (κ3) is 4.93. The monoisotopic (exact) mass is 264 g/mol. The fourth-order valence-electron chi connectivity index (χ4n) is 1.90. The van der Waals surface area contributed by atoms with Crippen molar-refractivity contribution in [2.45, 2.75) is 46.5 Å². The van der Waals surface area contributed by atoms with E-state index < -0.39 is 0 Å². The Kier molecular flexibility index (Phi) is 7.01. The summed E-state index contributed by atoms with van der Waals surface area (Å²) >= 11 is 0.